The van der Waals surface area contributed by atoms with Gasteiger partial charge in [0.25, 0.3) is 0 Å². The van der Waals surface area contributed by atoms with Crippen LogP contribution >= 0.6 is 0 Å². The zero-order chi connectivity index (χ0) is 28.2. The first kappa shape index (κ1) is 29.1. The highest BCUT2D eigenvalue weighted by molar-refractivity contribution is 5.92. The normalized spacial score (nSPS) is 11.7. The van der Waals surface area contributed by atoms with Gasteiger partial charge in [0.05, 0.1) is 18.8 Å². The van der Waals surface area contributed by atoms with Gasteiger partial charge in [-0.1, -0.05) is 32.4 Å². The molecule has 0 aliphatic heterocycles. The van der Waals surface area contributed by atoms with Crippen molar-refractivity contribution in [3.63, 3.8) is 0 Å². The van der Waals surface area contributed by atoms with Crippen LogP contribution in [0.2, 0.25) is 0 Å². The number of aromatic carboxylic acids is 1. The summed E-state index contributed by atoms with van der Waals surface area (Å²) in [6, 6.07) is 17.2. The van der Waals surface area contributed by atoms with E-state index in [4.69, 9.17) is 25.7 Å². The van der Waals surface area contributed by atoms with Gasteiger partial charge < -0.3 is 30.8 Å². The van der Waals surface area contributed by atoms with E-state index >= 15 is 0 Å². The second-order valence-corrected chi connectivity index (χ2v) is 9.34. The van der Waals surface area contributed by atoms with Gasteiger partial charge in [-0.3, -0.25) is 0 Å². The van der Waals surface area contributed by atoms with Crippen molar-refractivity contribution in [2.24, 2.45) is 5.92 Å². The molecule has 8 heteroatoms. The van der Waals surface area contributed by atoms with Crippen LogP contribution in [-0.4, -0.2) is 30.3 Å². The Labute approximate surface area is 229 Å². The molecule has 5 N–H and O–H groups in total. The molecule has 0 aliphatic carbocycles. The predicted molar refractivity (Wildman–Crippen MR) is 153 cm³/mol. The lowest BCUT2D eigenvalue weighted by Gasteiger charge is -2.11. The van der Waals surface area contributed by atoms with Gasteiger partial charge in [-0.05, 0) is 90.9 Å². The van der Waals surface area contributed by atoms with E-state index in [9.17, 15) is 14.7 Å². The number of anilines is 2. The topological polar surface area (TPSA) is 134 Å². The fraction of sp³-hybridized carbons (Fsp3) is 0.290. The maximum absolute atomic E-state index is 12.2. The average molecular weight is 533 g/mol. The fourth-order valence-electron chi connectivity index (χ4n) is 3.80. The zero-order valence-corrected chi connectivity index (χ0v) is 22.4. The van der Waals surface area contributed by atoms with Gasteiger partial charge in [0.1, 0.15) is 17.2 Å². The predicted octanol–water partition coefficient (Wildman–Crippen LogP) is 5.99. The molecular formula is C31H36N2O6. The summed E-state index contributed by atoms with van der Waals surface area (Å²) in [4.78, 5) is 23.7. The Morgan fingerprint density at radius 1 is 0.923 bits per heavy atom. The first-order valence-electron chi connectivity index (χ1n) is 13.0. The third-order valence-electron chi connectivity index (χ3n) is 6.29. The summed E-state index contributed by atoms with van der Waals surface area (Å²) in [6.07, 6.45) is 6.18. The third-order valence-corrected chi connectivity index (χ3v) is 6.29. The SMILES string of the molecule is CCC(C)CCOc1ccc(OC(=O)/C=C/c2ccc(OCCCc3c(N)cc(N)cc3C(=O)O)cc2)cc1. The van der Waals surface area contributed by atoms with Gasteiger partial charge >= 0.3 is 11.9 Å². The summed E-state index contributed by atoms with van der Waals surface area (Å²) < 4.78 is 16.9. The molecule has 0 spiro atoms. The quantitative estimate of drug-likeness (QED) is 0.0757. The smallest absolute Gasteiger partial charge is 0.336 e. The number of esters is 1. The van der Waals surface area contributed by atoms with Crippen molar-refractivity contribution in [3.05, 3.63) is 83.4 Å². The number of carbonyl (C=O) groups is 2. The van der Waals surface area contributed by atoms with Gasteiger partial charge in [0.15, 0.2) is 0 Å². The standard InChI is InChI=1S/C31H36N2O6/c1-3-21(2)16-18-38-25-11-13-26(14-12-25)39-30(34)15-8-22-6-9-24(10-7-22)37-17-4-5-27-28(31(35)36)19-23(32)20-29(27)33/h6-15,19-21H,3-5,16-18,32-33H2,1-2H3,(H,35,36)/b15-8+. The Balaban J connectivity index is 1.42. The lowest BCUT2D eigenvalue weighted by atomic mass is 10.00. The van der Waals surface area contributed by atoms with Crippen molar-refractivity contribution in [2.45, 2.75) is 39.5 Å². The number of ether oxygens (including phenoxy) is 3. The molecule has 3 aromatic carbocycles. The van der Waals surface area contributed by atoms with Crippen LogP contribution in [0.3, 0.4) is 0 Å². The number of nitrogen functional groups attached to an aromatic ring is 2. The van der Waals surface area contributed by atoms with Crippen molar-refractivity contribution in [2.75, 3.05) is 24.7 Å². The van der Waals surface area contributed by atoms with Crippen molar-refractivity contribution in [1.29, 1.82) is 0 Å². The van der Waals surface area contributed by atoms with E-state index < -0.39 is 11.9 Å². The molecule has 0 heterocycles. The molecule has 0 aromatic heterocycles. The van der Waals surface area contributed by atoms with E-state index in [-0.39, 0.29) is 5.56 Å². The molecule has 0 fully saturated rings. The first-order valence-corrected chi connectivity index (χ1v) is 13.0. The number of carbonyl (C=O) groups excluding carboxylic acids is 1. The average Bonchev–Trinajstić information content (AvgIpc) is 2.92. The number of benzene rings is 3. The highest BCUT2D eigenvalue weighted by Crippen LogP contribution is 2.24. The minimum Gasteiger partial charge on any atom is -0.494 e. The molecule has 0 amide bonds. The monoisotopic (exact) mass is 532 g/mol. The number of rotatable bonds is 14. The Kier molecular flexibility index (Phi) is 10.8. The second-order valence-electron chi connectivity index (χ2n) is 9.34. The Hall–Kier alpha value is -4.46. The van der Waals surface area contributed by atoms with Gasteiger partial charge in [0, 0.05) is 17.5 Å². The molecule has 39 heavy (non-hydrogen) atoms. The van der Waals surface area contributed by atoms with Crippen LogP contribution in [0, 0.1) is 5.92 Å². The number of hydrogen-bond acceptors (Lipinski definition) is 7. The van der Waals surface area contributed by atoms with Crippen molar-refractivity contribution < 1.29 is 28.9 Å². The zero-order valence-electron chi connectivity index (χ0n) is 22.4. The number of nitrogens with two attached hydrogens (primary N) is 2. The number of hydrogen-bond donors (Lipinski definition) is 3. The first-order chi connectivity index (χ1) is 18.7. The molecule has 0 radical (unpaired) electrons. The molecule has 206 valence electrons. The molecule has 3 aromatic rings. The van der Waals surface area contributed by atoms with E-state index in [0.29, 0.717) is 60.4 Å². The van der Waals surface area contributed by atoms with E-state index in [1.54, 1.807) is 48.5 Å². The van der Waals surface area contributed by atoms with Crippen LogP contribution in [0.5, 0.6) is 17.2 Å². The van der Waals surface area contributed by atoms with Crippen LogP contribution in [0.15, 0.2) is 66.7 Å². The summed E-state index contributed by atoms with van der Waals surface area (Å²) >= 11 is 0. The van der Waals surface area contributed by atoms with Gasteiger partial charge in [-0.2, -0.15) is 0 Å². The molecule has 1 unspecified atom stereocenters. The van der Waals surface area contributed by atoms with Crippen LogP contribution in [0.4, 0.5) is 11.4 Å². The molecule has 0 saturated heterocycles. The summed E-state index contributed by atoms with van der Waals surface area (Å²) in [7, 11) is 0. The van der Waals surface area contributed by atoms with E-state index in [0.717, 1.165) is 24.2 Å². The minimum atomic E-state index is -1.06. The van der Waals surface area contributed by atoms with Gasteiger partial charge in [0.2, 0.25) is 0 Å². The largest absolute Gasteiger partial charge is 0.494 e. The van der Waals surface area contributed by atoms with Crippen molar-refractivity contribution in [3.8, 4) is 17.2 Å². The third kappa shape index (κ3) is 9.41. The molecule has 3 rings (SSSR count). The lowest BCUT2D eigenvalue weighted by Crippen LogP contribution is -2.09. The number of carboxylic acids is 1. The van der Waals surface area contributed by atoms with E-state index in [2.05, 4.69) is 13.8 Å². The van der Waals surface area contributed by atoms with Crippen LogP contribution in [0.1, 0.15) is 54.6 Å². The van der Waals surface area contributed by atoms with Crippen LogP contribution in [-0.2, 0) is 11.2 Å². The highest BCUT2D eigenvalue weighted by Gasteiger charge is 2.14. The van der Waals surface area contributed by atoms with E-state index in [1.165, 1.54) is 12.1 Å². The summed E-state index contributed by atoms with van der Waals surface area (Å²) in [5, 5.41) is 9.40. The molecule has 8 nitrogen and oxygen atoms in total. The fourth-order valence-corrected chi connectivity index (χ4v) is 3.80. The lowest BCUT2D eigenvalue weighted by molar-refractivity contribution is -0.128. The Morgan fingerprint density at radius 3 is 2.18 bits per heavy atom. The molecule has 0 bridgehead atoms. The Bertz CT molecular complexity index is 1270. The second kappa shape index (κ2) is 14.5. The molecule has 0 aliphatic rings. The summed E-state index contributed by atoms with van der Waals surface area (Å²) in [5.41, 5.74) is 13.8. The Morgan fingerprint density at radius 2 is 1.54 bits per heavy atom. The summed E-state index contributed by atoms with van der Waals surface area (Å²) in [6.45, 7) is 5.40. The van der Waals surface area contributed by atoms with Crippen molar-refractivity contribution in [1.82, 2.24) is 0 Å². The summed E-state index contributed by atoms with van der Waals surface area (Å²) in [5.74, 6) is 0.929. The maximum Gasteiger partial charge on any atom is 0.336 e. The molecule has 0 saturated carbocycles. The van der Waals surface area contributed by atoms with Gasteiger partial charge in [-0.15, -0.1) is 0 Å². The molecule has 1 atom stereocenters. The molecular weight excluding hydrogens is 496 g/mol. The van der Waals surface area contributed by atoms with Crippen LogP contribution < -0.4 is 25.7 Å². The van der Waals surface area contributed by atoms with Gasteiger partial charge in [-0.25, -0.2) is 9.59 Å². The van der Waals surface area contributed by atoms with E-state index in [1.807, 2.05) is 12.1 Å². The minimum absolute atomic E-state index is 0.112. The maximum atomic E-state index is 12.2. The highest BCUT2D eigenvalue weighted by atomic mass is 16.5. The van der Waals surface area contributed by atoms with Crippen LogP contribution in [0.25, 0.3) is 6.08 Å². The number of carboxylic acid groups (broad SMARTS) is 1. The van der Waals surface area contributed by atoms with Crippen molar-refractivity contribution >= 4 is 29.4 Å².